The van der Waals surface area contributed by atoms with Crippen LogP contribution in [0.4, 0.5) is 0 Å². The van der Waals surface area contributed by atoms with Gasteiger partial charge in [0.1, 0.15) is 11.2 Å². The summed E-state index contributed by atoms with van der Waals surface area (Å²) in [5.41, 5.74) is 11.6. The predicted molar refractivity (Wildman–Crippen MR) is 171 cm³/mol. The lowest BCUT2D eigenvalue weighted by atomic mass is 9.81. The third kappa shape index (κ3) is 3.57. The first-order valence-electron chi connectivity index (χ1n) is 14.2. The molecule has 5 aromatic carbocycles. The molecule has 0 unspecified atom stereocenters. The molecule has 0 N–H and O–H groups in total. The van der Waals surface area contributed by atoms with Crippen molar-refractivity contribution in [2.75, 3.05) is 0 Å². The maximum atomic E-state index is 6.41. The van der Waals surface area contributed by atoms with Crippen molar-refractivity contribution in [3.8, 4) is 27.9 Å². The highest BCUT2D eigenvalue weighted by atomic mass is 16.3. The summed E-state index contributed by atoms with van der Waals surface area (Å²) in [6.45, 7) is 4.71. The van der Waals surface area contributed by atoms with Crippen LogP contribution in [0, 0.1) is 0 Å². The van der Waals surface area contributed by atoms with E-state index in [1.54, 1.807) is 0 Å². The van der Waals surface area contributed by atoms with E-state index in [9.17, 15) is 0 Å². The van der Waals surface area contributed by atoms with Crippen molar-refractivity contribution in [1.29, 1.82) is 0 Å². The summed E-state index contributed by atoms with van der Waals surface area (Å²) in [5, 5.41) is 3.47. The molecule has 0 spiro atoms. The van der Waals surface area contributed by atoms with Crippen LogP contribution in [0.1, 0.15) is 25.0 Å². The van der Waals surface area contributed by atoms with E-state index >= 15 is 0 Å². The Labute approximate surface area is 239 Å². The van der Waals surface area contributed by atoms with Gasteiger partial charge < -0.3 is 8.98 Å². The van der Waals surface area contributed by atoms with Crippen molar-refractivity contribution >= 4 is 32.8 Å². The van der Waals surface area contributed by atoms with E-state index in [0.717, 1.165) is 38.8 Å². The summed E-state index contributed by atoms with van der Waals surface area (Å²) < 4.78 is 8.77. The van der Waals surface area contributed by atoms with Gasteiger partial charge in [-0.15, -0.1) is 0 Å². The van der Waals surface area contributed by atoms with Gasteiger partial charge in [0.05, 0.1) is 5.52 Å². The average Bonchev–Trinajstić information content (AvgIpc) is 3.53. The Morgan fingerprint density at radius 1 is 0.561 bits per heavy atom. The predicted octanol–water partition coefficient (Wildman–Crippen LogP) is 10.6. The molecule has 0 saturated heterocycles. The zero-order valence-corrected chi connectivity index (χ0v) is 23.1. The lowest BCUT2D eigenvalue weighted by Gasteiger charge is -2.24. The van der Waals surface area contributed by atoms with Gasteiger partial charge in [-0.2, -0.15) is 0 Å². The normalized spacial score (nSPS) is 13.3. The Balaban J connectivity index is 1.46. The Bertz CT molecular complexity index is 2180. The van der Waals surface area contributed by atoms with Crippen molar-refractivity contribution in [1.82, 2.24) is 4.57 Å². The second kappa shape index (κ2) is 8.97. The molecule has 41 heavy (non-hydrogen) atoms. The minimum absolute atomic E-state index is 0.143. The van der Waals surface area contributed by atoms with Gasteiger partial charge in [-0.25, -0.2) is 0 Å². The smallest absolute Gasteiger partial charge is 0.143 e. The van der Waals surface area contributed by atoms with Gasteiger partial charge in [-0.3, -0.25) is 0 Å². The van der Waals surface area contributed by atoms with Gasteiger partial charge in [-0.05, 0) is 57.5 Å². The topological polar surface area (TPSA) is 18.1 Å². The summed E-state index contributed by atoms with van der Waals surface area (Å²) >= 11 is 0. The highest BCUT2D eigenvalue weighted by molar-refractivity contribution is 6.09. The molecular weight excluding hydrogens is 498 g/mol. The van der Waals surface area contributed by atoms with E-state index in [2.05, 4.69) is 146 Å². The molecule has 2 aromatic heterocycles. The van der Waals surface area contributed by atoms with Crippen LogP contribution in [0.3, 0.4) is 0 Å². The molecular formula is C39H29NO. The van der Waals surface area contributed by atoms with Crippen molar-refractivity contribution in [3.05, 3.63) is 151 Å². The molecule has 2 nitrogen and oxygen atoms in total. The van der Waals surface area contributed by atoms with Gasteiger partial charge in [0, 0.05) is 33.6 Å². The molecule has 0 atom stereocenters. The zero-order chi connectivity index (χ0) is 27.6. The SMILES string of the molecule is CC1(C)c2ccccc2-c2ccc3ccc(-c4cccc5c4oc4ccccc45)cccn(-c4ccccc4)c3c21. The highest BCUT2D eigenvalue weighted by Gasteiger charge is 2.37. The van der Waals surface area contributed by atoms with Crippen molar-refractivity contribution in [2.45, 2.75) is 19.3 Å². The lowest BCUT2D eigenvalue weighted by Crippen LogP contribution is -2.17. The fourth-order valence-electron chi connectivity index (χ4n) is 6.76. The van der Waals surface area contributed by atoms with Crippen LogP contribution < -0.4 is 0 Å². The summed E-state index contributed by atoms with van der Waals surface area (Å²) in [6, 6.07) is 47.7. The number of furan rings is 1. The maximum absolute atomic E-state index is 6.41. The van der Waals surface area contributed by atoms with Crippen LogP contribution in [0.5, 0.6) is 0 Å². The third-order valence-corrected chi connectivity index (χ3v) is 8.67. The Hall–Kier alpha value is -5.08. The standard InChI is InChI=1S/C39H29NO/c1-39(2)34-19-8-6-15-30(34)32-24-23-27-22-21-26(12-11-25-40(37(27)36(32)39)28-13-4-3-5-14-28)29-17-10-18-33-31-16-7-9-20-35(31)41-38(29)33/h3-25H,1-2H3. The van der Waals surface area contributed by atoms with Gasteiger partial charge in [0.2, 0.25) is 0 Å². The minimum Gasteiger partial charge on any atom is -0.455 e. The zero-order valence-electron chi connectivity index (χ0n) is 23.1. The number of fused-ring (bicyclic) bond motifs is 8. The Morgan fingerprint density at radius 2 is 1.29 bits per heavy atom. The van der Waals surface area contributed by atoms with Crippen LogP contribution in [0.25, 0.3) is 60.8 Å². The van der Waals surface area contributed by atoms with Crippen LogP contribution >= 0.6 is 0 Å². The van der Waals surface area contributed by atoms with Crippen LogP contribution in [0.2, 0.25) is 0 Å². The van der Waals surface area contributed by atoms with E-state index in [-0.39, 0.29) is 5.41 Å². The molecule has 0 radical (unpaired) electrons. The van der Waals surface area contributed by atoms with E-state index in [1.165, 1.54) is 33.2 Å². The molecule has 0 aliphatic heterocycles. The number of para-hydroxylation sites is 3. The molecule has 1 aliphatic carbocycles. The number of aromatic nitrogens is 1. The molecule has 0 saturated carbocycles. The molecule has 2 heteroatoms. The van der Waals surface area contributed by atoms with Crippen molar-refractivity contribution in [2.24, 2.45) is 0 Å². The second-order valence-electron chi connectivity index (χ2n) is 11.4. The first-order chi connectivity index (χ1) is 20.1. The third-order valence-electron chi connectivity index (χ3n) is 8.67. The fourth-order valence-corrected chi connectivity index (χ4v) is 6.76. The van der Waals surface area contributed by atoms with Crippen molar-refractivity contribution < 1.29 is 4.42 Å². The molecule has 0 amide bonds. The number of nitrogens with zero attached hydrogens (tertiary/aromatic N) is 1. The molecule has 2 heterocycles. The van der Waals surface area contributed by atoms with Crippen LogP contribution in [-0.4, -0.2) is 4.57 Å². The lowest BCUT2D eigenvalue weighted by molar-refractivity contribution is 0.663. The van der Waals surface area contributed by atoms with Crippen LogP contribution in [0.15, 0.2) is 144 Å². The molecule has 7 aromatic rings. The number of hydrogen-bond donors (Lipinski definition) is 0. The number of benzene rings is 5. The highest BCUT2D eigenvalue weighted by Crippen LogP contribution is 2.51. The van der Waals surface area contributed by atoms with E-state index in [0.29, 0.717) is 0 Å². The number of hydrogen-bond acceptors (Lipinski definition) is 1. The van der Waals surface area contributed by atoms with Gasteiger partial charge in [-0.1, -0.05) is 123 Å². The van der Waals surface area contributed by atoms with Gasteiger partial charge >= 0.3 is 0 Å². The maximum Gasteiger partial charge on any atom is 0.143 e. The van der Waals surface area contributed by atoms with Crippen molar-refractivity contribution in [3.63, 3.8) is 0 Å². The van der Waals surface area contributed by atoms with Crippen LogP contribution in [-0.2, 0) is 5.41 Å². The quantitative estimate of drug-likeness (QED) is 0.219. The first kappa shape index (κ1) is 23.8. The summed E-state index contributed by atoms with van der Waals surface area (Å²) in [4.78, 5) is 0. The average molecular weight is 528 g/mol. The summed E-state index contributed by atoms with van der Waals surface area (Å²) in [7, 11) is 0. The van der Waals surface area contributed by atoms with E-state index in [1.807, 2.05) is 12.1 Å². The number of rotatable bonds is 2. The van der Waals surface area contributed by atoms with E-state index in [4.69, 9.17) is 4.42 Å². The first-order valence-corrected chi connectivity index (χ1v) is 14.2. The fraction of sp³-hybridized carbons (Fsp3) is 0.0769. The summed E-state index contributed by atoms with van der Waals surface area (Å²) in [6.07, 6.45) is 2.21. The monoisotopic (exact) mass is 527 g/mol. The molecule has 8 rings (SSSR count). The molecule has 0 bridgehead atoms. The Kier molecular flexibility index (Phi) is 5.20. The minimum atomic E-state index is -0.143. The van der Waals surface area contributed by atoms with Gasteiger partial charge in [0.15, 0.2) is 0 Å². The molecule has 196 valence electrons. The van der Waals surface area contributed by atoms with Gasteiger partial charge in [0.25, 0.3) is 0 Å². The second-order valence-corrected chi connectivity index (χ2v) is 11.4. The molecule has 1 aliphatic rings. The largest absolute Gasteiger partial charge is 0.455 e. The van der Waals surface area contributed by atoms with E-state index < -0.39 is 0 Å². The Morgan fingerprint density at radius 3 is 2.20 bits per heavy atom. The summed E-state index contributed by atoms with van der Waals surface area (Å²) in [5.74, 6) is 0. The molecule has 0 fully saturated rings.